The van der Waals surface area contributed by atoms with Crippen LogP contribution in [0.2, 0.25) is 0 Å². The predicted molar refractivity (Wildman–Crippen MR) is 88.3 cm³/mol. The molecule has 0 bridgehead atoms. The van der Waals surface area contributed by atoms with Gasteiger partial charge in [0.15, 0.2) is 6.10 Å². The van der Waals surface area contributed by atoms with E-state index in [9.17, 15) is 19.2 Å². The monoisotopic (exact) mass is 353 g/mol. The summed E-state index contributed by atoms with van der Waals surface area (Å²) >= 11 is 0. The number of aromatic nitrogens is 1. The molecule has 1 heterocycles. The fourth-order valence-corrected chi connectivity index (χ4v) is 2.08. The number of rotatable bonds is 5. The Balaban J connectivity index is 2.91. The summed E-state index contributed by atoms with van der Waals surface area (Å²) in [6, 6.07) is -0.710. The largest absolute Gasteiger partial charge is 0.459 e. The molecule has 0 unspecified atom stereocenters. The molecule has 0 aliphatic rings. The van der Waals surface area contributed by atoms with Crippen LogP contribution in [-0.4, -0.2) is 48.1 Å². The number of aryl methyl sites for hydroxylation is 1. The third kappa shape index (κ3) is 5.07. The molecule has 9 heteroatoms. The second-order valence-corrected chi connectivity index (χ2v) is 5.69. The number of carbonyl (C=O) groups excluding carboxylic acids is 4. The molecule has 1 aromatic heterocycles. The fourth-order valence-electron chi connectivity index (χ4n) is 2.08. The van der Waals surface area contributed by atoms with Crippen LogP contribution in [-0.2, 0) is 14.3 Å². The Morgan fingerprint density at radius 3 is 2.12 bits per heavy atom. The zero-order valence-corrected chi connectivity index (χ0v) is 15.1. The Hall–Kier alpha value is -2.84. The molecule has 0 aliphatic heterocycles. The minimum absolute atomic E-state index is 0.0489. The summed E-state index contributed by atoms with van der Waals surface area (Å²) in [5.41, 5.74) is 1.13. The van der Waals surface area contributed by atoms with Gasteiger partial charge in [-0.05, 0) is 40.2 Å². The highest BCUT2D eigenvalue weighted by molar-refractivity contribution is 6.00. The van der Waals surface area contributed by atoms with Gasteiger partial charge in [-0.2, -0.15) is 0 Å². The van der Waals surface area contributed by atoms with E-state index in [0.717, 1.165) is 0 Å². The van der Waals surface area contributed by atoms with Gasteiger partial charge in [-0.1, -0.05) is 0 Å². The van der Waals surface area contributed by atoms with Crippen LogP contribution in [0.25, 0.3) is 0 Å². The van der Waals surface area contributed by atoms with E-state index in [4.69, 9.17) is 9.47 Å². The third-order valence-corrected chi connectivity index (χ3v) is 3.31. The van der Waals surface area contributed by atoms with E-state index >= 15 is 0 Å². The Morgan fingerprint density at radius 2 is 1.60 bits per heavy atom. The van der Waals surface area contributed by atoms with E-state index in [1.54, 1.807) is 27.7 Å². The molecule has 0 aliphatic carbocycles. The molecule has 1 aromatic rings. The average Bonchev–Trinajstić information content (AvgIpc) is 2.81. The molecule has 0 spiro atoms. The minimum Gasteiger partial charge on any atom is -0.459 e. The van der Waals surface area contributed by atoms with Gasteiger partial charge in [0.25, 0.3) is 5.91 Å². The molecule has 0 saturated carbocycles. The first-order chi connectivity index (χ1) is 11.6. The zero-order chi connectivity index (χ0) is 19.3. The number of amides is 3. The van der Waals surface area contributed by atoms with E-state index in [1.165, 1.54) is 14.0 Å². The Kier molecular flexibility index (Phi) is 6.72. The van der Waals surface area contributed by atoms with Gasteiger partial charge in [0.05, 0.1) is 11.7 Å². The number of urea groups is 1. The molecule has 0 saturated heterocycles. The van der Waals surface area contributed by atoms with Crippen molar-refractivity contribution in [2.24, 2.45) is 0 Å². The lowest BCUT2D eigenvalue weighted by Gasteiger charge is -2.12. The Labute approximate surface area is 145 Å². The van der Waals surface area contributed by atoms with E-state index in [-0.39, 0.29) is 17.4 Å². The molecule has 0 fully saturated rings. The standard InChI is InChI=1S/C16H23N3O6/c1-7(2)24-14(21)11-8(3)12(18-9(11)4)15(22)25-10(5)13(20)19-16(23)17-6/h7,10,18H,1-6H3,(H2,17,19,20,23)/t10-/m1/s1. The fraction of sp³-hybridized carbons (Fsp3) is 0.500. The molecule has 1 atom stereocenters. The van der Waals surface area contributed by atoms with Gasteiger partial charge in [-0.3, -0.25) is 10.1 Å². The summed E-state index contributed by atoms with van der Waals surface area (Å²) in [5, 5.41) is 4.22. The molecule has 3 N–H and O–H groups in total. The van der Waals surface area contributed by atoms with Crippen LogP contribution in [0.3, 0.4) is 0 Å². The lowest BCUT2D eigenvalue weighted by molar-refractivity contribution is -0.127. The predicted octanol–water partition coefficient (Wildman–Crippen LogP) is 1.20. The molecule has 3 amide bonds. The smallest absolute Gasteiger partial charge is 0.355 e. The maximum Gasteiger partial charge on any atom is 0.355 e. The molecular formula is C16H23N3O6. The quantitative estimate of drug-likeness (QED) is 0.683. The van der Waals surface area contributed by atoms with E-state index < -0.39 is 30.0 Å². The Morgan fingerprint density at radius 1 is 1.00 bits per heavy atom. The van der Waals surface area contributed by atoms with Crippen molar-refractivity contribution in [3.63, 3.8) is 0 Å². The topological polar surface area (TPSA) is 127 Å². The molecular weight excluding hydrogens is 330 g/mol. The van der Waals surface area contributed by atoms with Crippen molar-refractivity contribution in [3.8, 4) is 0 Å². The highest BCUT2D eigenvalue weighted by Gasteiger charge is 2.27. The first-order valence-electron chi connectivity index (χ1n) is 7.72. The number of ether oxygens (including phenoxy) is 2. The molecule has 25 heavy (non-hydrogen) atoms. The van der Waals surface area contributed by atoms with Crippen molar-refractivity contribution in [2.75, 3.05) is 7.05 Å². The van der Waals surface area contributed by atoms with E-state index in [2.05, 4.69) is 10.3 Å². The molecule has 0 aromatic carbocycles. The van der Waals surface area contributed by atoms with Crippen molar-refractivity contribution in [3.05, 3.63) is 22.5 Å². The molecule has 0 radical (unpaired) electrons. The summed E-state index contributed by atoms with van der Waals surface area (Å²) < 4.78 is 10.2. The van der Waals surface area contributed by atoms with Crippen LogP contribution < -0.4 is 10.6 Å². The minimum atomic E-state index is -1.20. The summed E-state index contributed by atoms with van der Waals surface area (Å²) in [7, 11) is 1.35. The van der Waals surface area contributed by atoms with Crippen LogP contribution in [0.5, 0.6) is 0 Å². The average molecular weight is 353 g/mol. The third-order valence-electron chi connectivity index (χ3n) is 3.31. The first kappa shape index (κ1) is 20.2. The van der Waals surface area contributed by atoms with Gasteiger partial charge in [0, 0.05) is 12.7 Å². The normalized spacial score (nSPS) is 11.6. The van der Waals surface area contributed by atoms with Crippen LogP contribution in [0.1, 0.15) is 52.9 Å². The van der Waals surface area contributed by atoms with E-state index in [1.807, 2.05) is 5.32 Å². The summed E-state index contributed by atoms with van der Waals surface area (Å²) in [4.78, 5) is 50.0. The van der Waals surface area contributed by atoms with Gasteiger partial charge in [0.2, 0.25) is 0 Å². The molecule has 138 valence electrons. The van der Waals surface area contributed by atoms with Crippen molar-refractivity contribution in [1.29, 1.82) is 0 Å². The molecule has 9 nitrogen and oxygen atoms in total. The number of H-pyrrole nitrogens is 1. The van der Waals surface area contributed by atoms with Gasteiger partial charge >= 0.3 is 18.0 Å². The van der Waals surface area contributed by atoms with E-state index in [0.29, 0.717) is 11.3 Å². The number of imide groups is 1. The summed E-state index contributed by atoms with van der Waals surface area (Å²) in [5.74, 6) is -2.14. The SMILES string of the molecule is CNC(=O)NC(=O)[C@@H](C)OC(=O)c1[nH]c(C)c(C(=O)OC(C)C)c1C. The van der Waals surface area contributed by atoms with Gasteiger partial charge < -0.3 is 19.8 Å². The van der Waals surface area contributed by atoms with Crippen LogP contribution in [0.4, 0.5) is 4.79 Å². The lowest BCUT2D eigenvalue weighted by Crippen LogP contribution is -2.43. The second-order valence-electron chi connectivity index (χ2n) is 5.69. The molecule has 1 rings (SSSR count). The van der Waals surface area contributed by atoms with Crippen molar-refractivity contribution in [1.82, 2.24) is 15.6 Å². The van der Waals surface area contributed by atoms with Crippen LogP contribution >= 0.6 is 0 Å². The number of esters is 2. The number of aromatic amines is 1. The highest BCUT2D eigenvalue weighted by Crippen LogP contribution is 2.20. The van der Waals surface area contributed by atoms with Crippen molar-refractivity contribution >= 4 is 23.9 Å². The summed E-state index contributed by atoms with van der Waals surface area (Å²) in [6.45, 7) is 7.97. The van der Waals surface area contributed by atoms with Gasteiger partial charge in [-0.15, -0.1) is 0 Å². The van der Waals surface area contributed by atoms with Gasteiger partial charge in [-0.25, -0.2) is 14.4 Å². The summed E-state index contributed by atoms with van der Waals surface area (Å²) in [6.07, 6.45) is -1.50. The Bertz CT molecular complexity index is 692. The van der Waals surface area contributed by atoms with Crippen LogP contribution in [0.15, 0.2) is 0 Å². The first-order valence-corrected chi connectivity index (χ1v) is 7.72. The lowest BCUT2D eigenvalue weighted by atomic mass is 10.1. The number of hydrogen-bond acceptors (Lipinski definition) is 6. The maximum atomic E-state index is 12.3. The number of hydrogen-bond donors (Lipinski definition) is 3. The van der Waals surface area contributed by atoms with Gasteiger partial charge in [0.1, 0.15) is 5.69 Å². The number of carbonyl (C=O) groups is 4. The number of nitrogens with one attached hydrogen (secondary N) is 3. The second kappa shape index (κ2) is 8.32. The van der Waals surface area contributed by atoms with Crippen molar-refractivity contribution in [2.45, 2.75) is 46.8 Å². The highest BCUT2D eigenvalue weighted by atomic mass is 16.6. The maximum absolute atomic E-state index is 12.3. The zero-order valence-electron chi connectivity index (χ0n) is 15.1. The van der Waals surface area contributed by atoms with Crippen molar-refractivity contribution < 1.29 is 28.7 Å². The van der Waals surface area contributed by atoms with Crippen LogP contribution in [0, 0.1) is 13.8 Å².